The lowest BCUT2D eigenvalue weighted by atomic mass is 9.91. The molecule has 0 aliphatic rings. The zero-order valence-corrected chi connectivity index (χ0v) is 27.9. The number of nitrogens with zero attached hydrogens (tertiary/aromatic N) is 4. The number of carboxylic acid groups (broad SMARTS) is 1. The fourth-order valence-corrected chi connectivity index (χ4v) is 6.62. The zero-order valence-electron chi connectivity index (χ0n) is 27.1. The molecule has 248 valence electrons. The molecule has 0 aliphatic carbocycles. The molecule has 2 heterocycles. The van der Waals surface area contributed by atoms with Crippen LogP contribution in [-0.2, 0) is 29.0 Å². The second-order valence-corrected chi connectivity index (χ2v) is 12.4. The molecule has 0 spiro atoms. The molecule has 2 N–H and O–H groups in total. The van der Waals surface area contributed by atoms with Gasteiger partial charge in [0.25, 0.3) is 5.56 Å². The smallest absolute Gasteiger partial charge is 0.303 e. The summed E-state index contributed by atoms with van der Waals surface area (Å²) in [4.78, 5) is 41.4. The van der Waals surface area contributed by atoms with E-state index < -0.39 is 17.9 Å². The van der Waals surface area contributed by atoms with Gasteiger partial charge >= 0.3 is 5.97 Å². The molecule has 0 aliphatic heterocycles. The summed E-state index contributed by atoms with van der Waals surface area (Å²) in [6.45, 7) is 6.51. The highest BCUT2D eigenvalue weighted by Gasteiger charge is 2.26. The van der Waals surface area contributed by atoms with Crippen molar-refractivity contribution in [3.63, 3.8) is 0 Å². The first-order valence-corrected chi connectivity index (χ1v) is 16.6. The van der Waals surface area contributed by atoms with Gasteiger partial charge in [-0.25, -0.2) is 5.01 Å². The van der Waals surface area contributed by atoms with Crippen LogP contribution in [0.2, 0.25) is 5.02 Å². The minimum atomic E-state index is -1.08. The first-order valence-electron chi connectivity index (χ1n) is 16.2. The molecule has 9 nitrogen and oxygen atoms in total. The Morgan fingerprint density at radius 3 is 2.45 bits per heavy atom. The Kier molecular flexibility index (Phi) is 10.0. The van der Waals surface area contributed by atoms with E-state index in [1.807, 2.05) is 71.5 Å². The summed E-state index contributed by atoms with van der Waals surface area (Å²) < 4.78 is 1.95. The second-order valence-electron chi connectivity index (χ2n) is 11.9. The average Bonchev–Trinajstić information content (AvgIpc) is 3.53. The number of H-pyrrole nitrogens is 1. The fraction of sp³-hybridized carbons (Fsp3) is 0.205. The number of halogens is 1. The minimum Gasteiger partial charge on any atom is -0.481 e. The molecule has 2 aromatic heterocycles. The first kappa shape index (κ1) is 33.4. The Hall–Kier alpha value is -5.54. The number of hydrazone groups is 1. The molecule has 4 aromatic carbocycles. The Morgan fingerprint density at radius 2 is 1.73 bits per heavy atom. The van der Waals surface area contributed by atoms with Crippen molar-refractivity contribution in [3.8, 4) is 11.1 Å². The van der Waals surface area contributed by atoms with Gasteiger partial charge in [0.15, 0.2) is 0 Å². The predicted octanol–water partition coefficient (Wildman–Crippen LogP) is 7.79. The van der Waals surface area contributed by atoms with Crippen molar-refractivity contribution >= 4 is 52.0 Å². The van der Waals surface area contributed by atoms with Crippen LogP contribution in [0.25, 0.3) is 32.9 Å². The van der Waals surface area contributed by atoms with Crippen LogP contribution in [0.1, 0.15) is 54.5 Å². The Labute approximate surface area is 288 Å². The van der Waals surface area contributed by atoms with Crippen molar-refractivity contribution < 1.29 is 14.7 Å². The van der Waals surface area contributed by atoms with E-state index in [0.29, 0.717) is 35.4 Å². The molecule has 0 saturated heterocycles. The number of carbonyl (C=O) groups excluding carboxylic acids is 1. The molecule has 0 saturated carbocycles. The van der Waals surface area contributed by atoms with E-state index in [1.165, 1.54) is 5.01 Å². The van der Waals surface area contributed by atoms with E-state index in [4.69, 9.17) is 11.6 Å². The van der Waals surface area contributed by atoms with Crippen LogP contribution in [0.15, 0.2) is 107 Å². The maximum absolute atomic E-state index is 13.7. The predicted molar refractivity (Wildman–Crippen MR) is 194 cm³/mol. The zero-order chi connectivity index (χ0) is 34.5. The van der Waals surface area contributed by atoms with E-state index in [-0.39, 0.29) is 18.4 Å². The van der Waals surface area contributed by atoms with E-state index in [2.05, 4.69) is 47.0 Å². The number of rotatable bonds is 13. The molecule has 6 aromatic rings. The van der Waals surface area contributed by atoms with Gasteiger partial charge in [-0.1, -0.05) is 72.3 Å². The van der Waals surface area contributed by atoms with Crippen LogP contribution in [0.4, 0.5) is 0 Å². The van der Waals surface area contributed by atoms with Gasteiger partial charge in [0.05, 0.1) is 24.2 Å². The van der Waals surface area contributed by atoms with E-state index in [9.17, 15) is 19.5 Å². The van der Waals surface area contributed by atoms with Gasteiger partial charge in [-0.2, -0.15) is 10.2 Å². The van der Waals surface area contributed by atoms with Crippen molar-refractivity contribution in [3.05, 3.63) is 135 Å². The van der Waals surface area contributed by atoms with Crippen LogP contribution in [0.5, 0.6) is 0 Å². The highest BCUT2D eigenvalue weighted by atomic mass is 35.5. The number of aromatic nitrogens is 3. The van der Waals surface area contributed by atoms with Crippen molar-refractivity contribution in [2.75, 3.05) is 0 Å². The third kappa shape index (κ3) is 7.32. The SMILES string of the molecule is C=NN(C(=O)CCC(=O)O)C(CCc1c(Cc2ccccc2)c2cc(Cl)ccc2[nH]c1=O)c1ccc(-c2ccc3c(cnn3CC)c2)cc1. The summed E-state index contributed by atoms with van der Waals surface area (Å²) in [6, 6.07) is 28.8. The maximum Gasteiger partial charge on any atom is 0.303 e. The van der Waals surface area contributed by atoms with Gasteiger partial charge in [0.1, 0.15) is 0 Å². The van der Waals surface area contributed by atoms with E-state index >= 15 is 0 Å². The van der Waals surface area contributed by atoms with Crippen LogP contribution in [-0.4, -0.2) is 43.5 Å². The van der Waals surface area contributed by atoms with Gasteiger partial charge in [-0.15, -0.1) is 0 Å². The van der Waals surface area contributed by atoms with E-state index in [1.54, 1.807) is 12.1 Å². The monoisotopic (exact) mass is 673 g/mol. The Bertz CT molecular complexity index is 2210. The lowest BCUT2D eigenvalue weighted by Crippen LogP contribution is -2.31. The summed E-state index contributed by atoms with van der Waals surface area (Å²) in [5.41, 5.74) is 6.81. The van der Waals surface area contributed by atoms with Gasteiger partial charge in [-0.3, -0.25) is 19.1 Å². The number of hydrogen-bond acceptors (Lipinski definition) is 5. The lowest BCUT2D eigenvalue weighted by Gasteiger charge is -2.28. The summed E-state index contributed by atoms with van der Waals surface area (Å²) >= 11 is 6.43. The number of carbonyl (C=O) groups is 2. The molecular formula is C39H36ClN5O4. The number of aryl methyl sites for hydroxylation is 1. The molecule has 1 amide bonds. The number of hydrogen-bond donors (Lipinski definition) is 2. The molecule has 6 rings (SSSR count). The summed E-state index contributed by atoms with van der Waals surface area (Å²) in [7, 11) is 0. The molecule has 0 fully saturated rings. The number of aromatic amines is 1. The highest BCUT2D eigenvalue weighted by molar-refractivity contribution is 6.31. The second kappa shape index (κ2) is 14.7. The third-order valence-corrected chi connectivity index (χ3v) is 9.15. The number of nitrogens with one attached hydrogen (secondary N) is 1. The van der Waals surface area contributed by atoms with Crippen LogP contribution < -0.4 is 5.56 Å². The Balaban J connectivity index is 1.37. The quantitative estimate of drug-likeness (QED) is 0.0958. The summed E-state index contributed by atoms with van der Waals surface area (Å²) in [5.74, 6) is -1.54. The van der Waals surface area contributed by atoms with Crippen LogP contribution in [0, 0.1) is 0 Å². The molecule has 0 bridgehead atoms. The normalized spacial score (nSPS) is 11.9. The maximum atomic E-state index is 13.7. The van der Waals surface area contributed by atoms with Crippen molar-refractivity contribution in [1.29, 1.82) is 0 Å². The molecule has 1 unspecified atom stereocenters. The third-order valence-electron chi connectivity index (χ3n) is 8.91. The van der Waals surface area contributed by atoms with Gasteiger partial charge in [0.2, 0.25) is 5.91 Å². The molecular weight excluding hydrogens is 638 g/mol. The first-order chi connectivity index (χ1) is 23.7. The molecule has 1 atom stereocenters. The Morgan fingerprint density at radius 1 is 0.980 bits per heavy atom. The number of aliphatic carboxylic acids is 1. The number of pyridine rings is 1. The minimum absolute atomic E-state index is 0.216. The van der Waals surface area contributed by atoms with Crippen LogP contribution in [0.3, 0.4) is 0 Å². The summed E-state index contributed by atoms with van der Waals surface area (Å²) in [5, 5.41) is 21.5. The molecule has 49 heavy (non-hydrogen) atoms. The van der Waals surface area contributed by atoms with Gasteiger partial charge in [-0.05, 0) is 84.3 Å². The largest absolute Gasteiger partial charge is 0.481 e. The molecule has 10 heteroatoms. The summed E-state index contributed by atoms with van der Waals surface area (Å²) in [6.07, 6.45) is 2.44. The van der Waals surface area contributed by atoms with Crippen molar-refractivity contribution in [2.45, 2.75) is 51.6 Å². The van der Waals surface area contributed by atoms with Gasteiger partial charge in [0, 0.05) is 46.6 Å². The lowest BCUT2D eigenvalue weighted by molar-refractivity contribution is -0.141. The number of carboxylic acids is 1. The number of fused-ring (bicyclic) bond motifs is 2. The van der Waals surface area contributed by atoms with Crippen molar-refractivity contribution in [2.24, 2.45) is 5.10 Å². The topological polar surface area (TPSA) is 121 Å². The van der Waals surface area contributed by atoms with Crippen LogP contribution >= 0.6 is 11.6 Å². The standard InChI is InChI=1S/C39H36ClN5O4/c1-3-44-35-17-13-28(22-29(35)24-42-44)26-9-11-27(12-10-26)36(45(41-2)37(46)19-20-38(47)48)18-15-31-32(21-25-7-5-4-6-8-25)33-23-30(40)14-16-34(33)43-39(31)49/h4-14,16-17,22-24,36H,2-3,15,18-21H2,1H3,(H,43,49)(H,47,48). The van der Waals surface area contributed by atoms with E-state index in [0.717, 1.165) is 50.7 Å². The average molecular weight is 674 g/mol. The van der Waals surface area contributed by atoms with Crippen molar-refractivity contribution in [1.82, 2.24) is 19.8 Å². The van der Waals surface area contributed by atoms with Gasteiger partial charge < -0.3 is 10.1 Å². The highest BCUT2D eigenvalue weighted by Crippen LogP contribution is 2.32. The molecule has 0 radical (unpaired) electrons. The number of amides is 1. The fourth-order valence-electron chi connectivity index (χ4n) is 6.45. The number of benzene rings is 4.